The van der Waals surface area contributed by atoms with E-state index < -0.39 is 46.8 Å². The van der Waals surface area contributed by atoms with Gasteiger partial charge in [-0.25, -0.2) is 55.9 Å². The third-order valence-corrected chi connectivity index (χ3v) is 15.7. The molecule has 93 heavy (non-hydrogen) atoms. The summed E-state index contributed by atoms with van der Waals surface area (Å²) < 4.78 is 126. The number of rotatable bonds is 22. The number of carbonyl (C=O) groups excluding carboxylic acids is 2. The number of hydrogen-bond acceptors (Lipinski definition) is 13. The Morgan fingerprint density at radius 3 is 1.25 bits per heavy atom. The van der Waals surface area contributed by atoms with Crippen molar-refractivity contribution in [2.75, 3.05) is 27.4 Å². The summed E-state index contributed by atoms with van der Waals surface area (Å²) in [6.07, 6.45) is 2.98. The van der Waals surface area contributed by atoms with Gasteiger partial charge in [0.05, 0.1) is 57.8 Å². The Bertz CT molecular complexity index is 4510. The molecule has 12 aromatic rings. The van der Waals surface area contributed by atoms with Crippen molar-refractivity contribution >= 4 is 34.0 Å². The van der Waals surface area contributed by atoms with E-state index in [4.69, 9.17) is 33.7 Å². The fraction of sp³-hybridized carbons (Fsp3) is 0.167. The molecule has 468 valence electrons. The van der Waals surface area contributed by atoms with Gasteiger partial charge >= 0.3 is 11.9 Å². The molecule has 0 N–H and O–H groups in total. The summed E-state index contributed by atoms with van der Waals surface area (Å²) in [4.78, 5) is 54.4. The van der Waals surface area contributed by atoms with E-state index in [0.717, 1.165) is 46.8 Å². The maximum Gasteiger partial charge on any atom is 0.346 e. The van der Waals surface area contributed by atoms with Gasteiger partial charge in [-0.05, 0) is 133 Å². The third kappa shape index (κ3) is 13.9. The molecule has 15 nitrogen and oxygen atoms in total. The summed E-state index contributed by atoms with van der Waals surface area (Å²) in [5.41, 5.74) is 6.47. The van der Waals surface area contributed by atoms with E-state index in [1.807, 2.05) is 38.1 Å². The van der Waals surface area contributed by atoms with E-state index >= 15 is 26.3 Å². The number of ether oxygens (including phenoxy) is 5. The van der Waals surface area contributed by atoms with Gasteiger partial charge in [-0.1, -0.05) is 48.5 Å². The lowest BCUT2D eigenvalue weighted by molar-refractivity contribution is 0.0397. The molecule has 6 heterocycles. The van der Waals surface area contributed by atoms with E-state index in [2.05, 4.69) is 19.9 Å². The van der Waals surface area contributed by atoms with Crippen LogP contribution in [0.15, 0.2) is 170 Å². The minimum Gasteiger partial charge on any atom is -0.473 e. The molecule has 6 aromatic carbocycles. The largest absolute Gasteiger partial charge is 0.473 e. The van der Waals surface area contributed by atoms with Crippen molar-refractivity contribution in [3.63, 3.8) is 0 Å². The first-order valence-electron chi connectivity index (χ1n) is 29.4. The molecule has 0 radical (unpaired) electrons. The molecule has 0 fully saturated rings. The number of methoxy groups -OCH3 is 2. The van der Waals surface area contributed by atoms with Gasteiger partial charge in [0.1, 0.15) is 59.8 Å². The molecule has 0 amide bonds. The van der Waals surface area contributed by atoms with E-state index in [1.54, 1.807) is 70.1 Å². The fourth-order valence-corrected chi connectivity index (χ4v) is 10.7. The normalized spacial score (nSPS) is 11.4. The quantitative estimate of drug-likeness (QED) is 0.0357. The van der Waals surface area contributed by atoms with Gasteiger partial charge in [-0.15, -0.1) is 0 Å². The van der Waals surface area contributed by atoms with Crippen LogP contribution in [0.1, 0.15) is 66.0 Å². The summed E-state index contributed by atoms with van der Waals surface area (Å²) in [5, 5.41) is 0. The van der Waals surface area contributed by atoms with Crippen LogP contribution < -0.4 is 9.47 Å². The van der Waals surface area contributed by atoms with Crippen LogP contribution in [0.3, 0.4) is 0 Å². The molecule has 0 atom stereocenters. The monoisotopic (exact) mass is 1260 g/mol. The number of hydrogen-bond donors (Lipinski definition) is 0. The Morgan fingerprint density at radius 2 is 0.849 bits per heavy atom. The first-order valence-corrected chi connectivity index (χ1v) is 29.4. The van der Waals surface area contributed by atoms with Crippen LogP contribution in [0.4, 0.5) is 26.3 Å². The highest BCUT2D eigenvalue weighted by atomic mass is 19.1. The van der Waals surface area contributed by atoms with Crippen LogP contribution in [0.2, 0.25) is 0 Å². The Kier molecular flexibility index (Phi) is 18.3. The van der Waals surface area contributed by atoms with Crippen LogP contribution in [0, 0.1) is 48.8 Å². The molecular formula is C72H56F6N8O7. The predicted octanol–water partition coefficient (Wildman–Crippen LogP) is 14.7. The van der Waals surface area contributed by atoms with Crippen molar-refractivity contribution in [1.29, 1.82) is 0 Å². The fourth-order valence-electron chi connectivity index (χ4n) is 10.7. The molecule has 0 unspecified atom stereocenters. The minimum atomic E-state index is -0.995. The molecule has 0 spiro atoms. The lowest BCUT2D eigenvalue weighted by Gasteiger charge is -2.12. The van der Waals surface area contributed by atoms with Crippen LogP contribution in [-0.4, -0.2) is 78.4 Å². The second kappa shape index (κ2) is 27.3. The third-order valence-electron chi connectivity index (χ3n) is 15.7. The zero-order valence-corrected chi connectivity index (χ0v) is 50.5. The predicted molar refractivity (Wildman–Crippen MR) is 335 cm³/mol. The number of halogens is 6. The topological polar surface area (TPSA) is 167 Å². The second-order valence-electron chi connectivity index (χ2n) is 21.9. The van der Waals surface area contributed by atoms with Gasteiger partial charge in [0.25, 0.3) is 0 Å². The maximum atomic E-state index is 16.1. The number of aryl methyl sites for hydroxylation is 2. The Labute approximate surface area is 528 Å². The molecular weight excluding hydrogens is 1200 g/mol. The number of fused-ring (bicyclic) bond motifs is 2. The van der Waals surface area contributed by atoms with Crippen LogP contribution in [-0.2, 0) is 53.4 Å². The number of nitrogens with zero attached hydrogens (tertiary/aromatic N) is 8. The highest BCUT2D eigenvalue weighted by Crippen LogP contribution is 2.33. The van der Waals surface area contributed by atoms with Gasteiger partial charge in [-0.2, -0.15) is 0 Å². The zero-order valence-electron chi connectivity index (χ0n) is 50.5. The summed E-state index contributed by atoms with van der Waals surface area (Å²) in [5.74, 6) is -5.26. The Hall–Kier alpha value is -10.9. The molecule has 0 aliphatic heterocycles. The average Bonchev–Trinajstić information content (AvgIpc) is 1.71. The number of aromatic nitrogens is 8. The zero-order chi connectivity index (χ0) is 64.9. The highest BCUT2D eigenvalue weighted by molar-refractivity contribution is 6.05. The van der Waals surface area contributed by atoms with Crippen molar-refractivity contribution in [1.82, 2.24) is 39.0 Å². The molecule has 0 aliphatic rings. The SMILES string of the molecule is COCCn1c(Cc2cc(F)c(-c3cccc(OCc4ccc(-c5ccc(C)nc5)cc4F)n3)cc2F)nc2ccc(C(=O)OC(=O)c3ccc4nc(Cc5cc(F)c(-c6cccc(OCc7ccc(-c8ccc(C)nc8)cc7F)n6)cc5F)n(CCOC)c4c3)cc21. The highest BCUT2D eigenvalue weighted by Gasteiger charge is 2.24. The summed E-state index contributed by atoms with van der Waals surface area (Å²) in [6.45, 7) is 4.12. The number of esters is 2. The van der Waals surface area contributed by atoms with Crippen molar-refractivity contribution in [3.8, 4) is 56.5 Å². The summed E-state index contributed by atoms with van der Waals surface area (Å²) in [7, 11) is 2.99. The van der Waals surface area contributed by atoms with Gasteiger partial charge in [-0.3, -0.25) is 9.97 Å². The van der Waals surface area contributed by atoms with E-state index in [1.165, 1.54) is 74.9 Å². The van der Waals surface area contributed by atoms with Gasteiger partial charge in [0.15, 0.2) is 0 Å². The molecule has 0 saturated carbocycles. The lowest BCUT2D eigenvalue weighted by Crippen LogP contribution is -2.14. The summed E-state index contributed by atoms with van der Waals surface area (Å²) >= 11 is 0. The first kappa shape index (κ1) is 62.3. The molecule has 0 aliphatic carbocycles. The standard InChI is InChI=1S/C72H56F6N8O7/c1-41-11-13-47(37-79-41)43-15-17-49(55(73)27-43)39-91-69-9-5-7-61(83-69)53-35-57(75)51(29-59(53)77)33-67-81-63-21-19-45(31-65(63)85(67)23-25-89-3)71(87)93-72(88)46-20-22-64-66(32-46)86(24-26-90-4)68(82-64)34-52-30-60(78)54(36-58(52)76)62-8-6-10-70(84-62)92-40-50-18-16-44(28-56(50)74)48-14-12-42(2)80-38-48/h5-22,27-32,35-38H,23-26,33-34,39-40H2,1-4H3. The molecule has 0 saturated heterocycles. The van der Waals surface area contributed by atoms with Crippen molar-refractivity contribution in [2.24, 2.45) is 0 Å². The Balaban J connectivity index is 0.714. The maximum absolute atomic E-state index is 16.1. The van der Waals surface area contributed by atoms with Gasteiger partial charge in [0.2, 0.25) is 11.8 Å². The number of imidazole rings is 2. The lowest BCUT2D eigenvalue weighted by atomic mass is 10.0. The van der Waals surface area contributed by atoms with Gasteiger partial charge in [0, 0.05) is 109 Å². The van der Waals surface area contributed by atoms with E-state index in [9.17, 15) is 9.59 Å². The smallest absolute Gasteiger partial charge is 0.346 e. The second-order valence-corrected chi connectivity index (χ2v) is 21.9. The van der Waals surface area contributed by atoms with Crippen LogP contribution in [0.5, 0.6) is 11.8 Å². The average molecular weight is 1260 g/mol. The van der Waals surface area contributed by atoms with Crippen LogP contribution in [0.25, 0.3) is 66.8 Å². The number of benzene rings is 6. The van der Waals surface area contributed by atoms with Crippen molar-refractivity contribution < 1.29 is 59.6 Å². The van der Waals surface area contributed by atoms with E-state index in [-0.39, 0.29) is 120 Å². The summed E-state index contributed by atoms with van der Waals surface area (Å²) in [6, 6.07) is 39.2. The Morgan fingerprint density at radius 1 is 0.430 bits per heavy atom. The van der Waals surface area contributed by atoms with Gasteiger partial charge < -0.3 is 32.8 Å². The number of pyridine rings is 4. The van der Waals surface area contributed by atoms with Crippen molar-refractivity contribution in [2.45, 2.75) is 53.0 Å². The van der Waals surface area contributed by atoms with Crippen LogP contribution >= 0.6 is 0 Å². The molecule has 6 aromatic heterocycles. The molecule has 0 bridgehead atoms. The number of carbonyl (C=O) groups is 2. The van der Waals surface area contributed by atoms with Crippen molar-refractivity contribution in [3.05, 3.63) is 261 Å². The molecule has 21 heteroatoms. The first-order chi connectivity index (χ1) is 45.0. The minimum absolute atomic E-state index is 0.0167. The van der Waals surface area contributed by atoms with E-state index in [0.29, 0.717) is 44.8 Å². The molecule has 12 rings (SSSR count).